The molecule has 76 valence electrons. The van der Waals surface area contributed by atoms with E-state index in [1.807, 2.05) is 32.5 Å². The average molecular weight is 192 g/mol. The molecular formula is C10H16N4. The first-order chi connectivity index (χ1) is 6.56. The van der Waals surface area contributed by atoms with Crippen molar-refractivity contribution in [2.45, 2.75) is 33.4 Å². The van der Waals surface area contributed by atoms with Crippen molar-refractivity contribution >= 4 is 0 Å². The van der Waals surface area contributed by atoms with Gasteiger partial charge in [0.05, 0.1) is 17.8 Å². The number of aromatic nitrogens is 2. The van der Waals surface area contributed by atoms with Crippen molar-refractivity contribution in [2.75, 3.05) is 0 Å². The monoisotopic (exact) mass is 192 g/mol. The fourth-order valence-electron chi connectivity index (χ4n) is 1.37. The SMILES string of the molecule is Cc1nn(C)c(C)c1CNC(C)C#N. The minimum Gasteiger partial charge on any atom is -0.298 e. The Hall–Kier alpha value is -1.34. The first kappa shape index (κ1) is 10.7. The molecule has 0 bridgehead atoms. The lowest BCUT2D eigenvalue weighted by atomic mass is 10.2. The molecule has 1 unspecified atom stereocenters. The van der Waals surface area contributed by atoms with Crippen molar-refractivity contribution in [2.24, 2.45) is 7.05 Å². The summed E-state index contributed by atoms with van der Waals surface area (Å²) >= 11 is 0. The van der Waals surface area contributed by atoms with E-state index in [1.165, 1.54) is 5.56 Å². The van der Waals surface area contributed by atoms with Gasteiger partial charge in [0.15, 0.2) is 0 Å². The number of hydrogen-bond acceptors (Lipinski definition) is 3. The Morgan fingerprint density at radius 2 is 2.21 bits per heavy atom. The molecule has 0 aliphatic heterocycles. The zero-order chi connectivity index (χ0) is 10.7. The maximum Gasteiger partial charge on any atom is 0.0927 e. The fourth-order valence-corrected chi connectivity index (χ4v) is 1.37. The third kappa shape index (κ3) is 2.12. The van der Waals surface area contributed by atoms with E-state index in [2.05, 4.69) is 16.5 Å². The smallest absolute Gasteiger partial charge is 0.0927 e. The van der Waals surface area contributed by atoms with Crippen LogP contribution < -0.4 is 5.32 Å². The molecule has 1 atom stereocenters. The van der Waals surface area contributed by atoms with Gasteiger partial charge in [-0.25, -0.2) is 0 Å². The molecule has 0 saturated carbocycles. The van der Waals surface area contributed by atoms with Crippen molar-refractivity contribution in [1.29, 1.82) is 5.26 Å². The van der Waals surface area contributed by atoms with Gasteiger partial charge in [0.25, 0.3) is 0 Å². The fraction of sp³-hybridized carbons (Fsp3) is 0.600. The molecule has 0 fully saturated rings. The molecule has 1 aromatic heterocycles. The molecule has 1 aromatic rings. The molecule has 0 aliphatic rings. The van der Waals surface area contributed by atoms with Crippen LogP contribution in [0.3, 0.4) is 0 Å². The molecule has 1 N–H and O–H groups in total. The molecular weight excluding hydrogens is 176 g/mol. The molecule has 4 heteroatoms. The lowest BCUT2D eigenvalue weighted by Gasteiger charge is -2.06. The van der Waals surface area contributed by atoms with E-state index in [-0.39, 0.29) is 6.04 Å². The number of nitriles is 1. The first-order valence-corrected chi connectivity index (χ1v) is 4.68. The quantitative estimate of drug-likeness (QED) is 0.778. The largest absolute Gasteiger partial charge is 0.298 e. The normalized spacial score (nSPS) is 12.5. The third-order valence-electron chi connectivity index (χ3n) is 2.44. The van der Waals surface area contributed by atoms with Crippen LogP contribution in [-0.2, 0) is 13.6 Å². The van der Waals surface area contributed by atoms with Crippen LogP contribution in [0.1, 0.15) is 23.9 Å². The summed E-state index contributed by atoms with van der Waals surface area (Å²) in [6, 6.07) is 2.03. The number of rotatable bonds is 3. The average Bonchev–Trinajstić information content (AvgIpc) is 2.39. The Labute approximate surface area is 84.5 Å². The molecule has 0 aromatic carbocycles. The minimum atomic E-state index is -0.117. The van der Waals surface area contributed by atoms with Crippen LogP contribution in [0.2, 0.25) is 0 Å². The summed E-state index contributed by atoms with van der Waals surface area (Å²) in [6.45, 7) is 6.58. The third-order valence-corrected chi connectivity index (χ3v) is 2.44. The van der Waals surface area contributed by atoms with Crippen molar-refractivity contribution in [3.05, 3.63) is 17.0 Å². The van der Waals surface area contributed by atoms with Gasteiger partial charge in [-0.05, 0) is 20.8 Å². The van der Waals surface area contributed by atoms with Crippen LogP contribution in [0.4, 0.5) is 0 Å². The summed E-state index contributed by atoms with van der Waals surface area (Å²) in [5.74, 6) is 0. The number of nitrogens with one attached hydrogen (secondary N) is 1. The lowest BCUT2D eigenvalue weighted by molar-refractivity contribution is 0.637. The van der Waals surface area contributed by atoms with Crippen LogP contribution in [0.25, 0.3) is 0 Å². The van der Waals surface area contributed by atoms with Crippen LogP contribution in [0, 0.1) is 25.2 Å². The molecule has 0 aliphatic carbocycles. The first-order valence-electron chi connectivity index (χ1n) is 4.68. The molecule has 0 spiro atoms. The van der Waals surface area contributed by atoms with Crippen LogP contribution in [-0.4, -0.2) is 15.8 Å². The molecule has 4 nitrogen and oxygen atoms in total. The van der Waals surface area contributed by atoms with Gasteiger partial charge in [-0.3, -0.25) is 10.00 Å². The van der Waals surface area contributed by atoms with E-state index in [1.54, 1.807) is 0 Å². The van der Waals surface area contributed by atoms with Crippen LogP contribution >= 0.6 is 0 Å². The Morgan fingerprint density at radius 3 is 2.64 bits per heavy atom. The van der Waals surface area contributed by atoms with Gasteiger partial charge < -0.3 is 0 Å². The van der Waals surface area contributed by atoms with E-state index < -0.39 is 0 Å². The second-order valence-electron chi connectivity index (χ2n) is 3.50. The van der Waals surface area contributed by atoms with E-state index in [9.17, 15) is 0 Å². The molecule has 14 heavy (non-hydrogen) atoms. The Kier molecular flexibility index (Phi) is 3.26. The minimum absolute atomic E-state index is 0.117. The number of nitrogens with zero attached hydrogens (tertiary/aromatic N) is 3. The van der Waals surface area contributed by atoms with Gasteiger partial charge in [0.1, 0.15) is 0 Å². The van der Waals surface area contributed by atoms with E-state index in [4.69, 9.17) is 5.26 Å². The van der Waals surface area contributed by atoms with Crippen LogP contribution in [0.5, 0.6) is 0 Å². The highest BCUT2D eigenvalue weighted by Crippen LogP contribution is 2.11. The van der Waals surface area contributed by atoms with E-state index in [0.717, 1.165) is 11.4 Å². The summed E-state index contributed by atoms with van der Waals surface area (Å²) in [5, 5.41) is 16.1. The number of aryl methyl sites for hydroxylation is 2. The lowest BCUT2D eigenvalue weighted by Crippen LogP contribution is -2.24. The summed E-state index contributed by atoms with van der Waals surface area (Å²) in [4.78, 5) is 0. The van der Waals surface area contributed by atoms with Gasteiger partial charge in [0.2, 0.25) is 0 Å². The highest BCUT2D eigenvalue weighted by molar-refractivity contribution is 5.24. The second-order valence-corrected chi connectivity index (χ2v) is 3.50. The maximum absolute atomic E-state index is 8.62. The molecule has 1 rings (SSSR count). The Morgan fingerprint density at radius 1 is 1.57 bits per heavy atom. The van der Waals surface area contributed by atoms with Crippen molar-refractivity contribution in [1.82, 2.24) is 15.1 Å². The standard InChI is InChI=1S/C10H16N4/c1-7(5-11)12-6-10-8(2)13-14(4)9(10)3/h7,12H,6H2,1-4H3. The van der Waals surface area contributed by atoms with Crippen molar-refractivity contribution in [3.8, 4) is 6.07 Å². The predicted octanol–water partition coefficient (Wildman–Crippen LogP) is 1.04. The van der Waals surface area contributed by atoms with Gasteiger partial charge in [-0.15, -0.1) is 0 Å². The summed E-state index contributed by atoms with van der Waals surface area (Å²) in [6.07, 6.45) is 0. The van der Waals surface area contributed by atoms with Gasteiger partial charge in [0, 0.05) is 24.8 Å². The highest BCUT2D eigenvalue weighted by atomic mass is 15.3. The van der Waals surface area contributed by atoms with Gasteiger partial charge >= 0.3 is 0 Å². The van der Waals surface area contributed by atoms with E-state index in [0.29, 0.717) is 6.54 Å². The summed E-state index contributed by atoms with van der Waals surface area (Å²) < 4.78 is 1.86. The topological polar surface area (TPSA) is 53.6 Å². The van der Waals surface area contributed by atoms with Crippen LogP contribution in [0.15, 0.2) is 0 Å². The Balaban J connectivity index is 2.73. The molecule has 0 saturated heterocycles. The second kappa shape index (κ2) is 4.25. The van der Waals surface area contributed by atoms with Gasteiger partial charge in [-0.2, -0.15) is 10.4 Å². The Bertz CT molecular complexity index is 359. The zero-order valence-corrected chi connectivity index (χ0v) is 9.13. The maximum atomic E-state index is 8.62. The summed E-state index contributed by atoms with van der Waals surface area (Å²) in [5.41, 5.74) is 3.37. The van der Waals surface area contributed by atoms with Crippen molar-refractivity contribution in [3.63, 3.8) is 0 Å². The summed E-state index contributed by atoms with van der Waals surface area (Å²) in [7, 11) is 1.93. The predicted molar refractivity (Wildman–Crippen MR) is 54.6 cm³/mol. The van der Waals surface area contributed by atoms with E-state index >= 15 is 0 Å². The van der Waals surface area contributed by atoms with Gasteiger partial charge in [-0.1, -0.05) is 0 Å². The highest BCUT2D eigenvalue weighted by Gasteiger charge is 2.09. The van der Waals surface area contributed by atoms with Crippen molar-refractivity contribution < 1.29 is 0 Å². The zero-order valence-electron chi connectivity index (χ0n) is 9.13. The number of hydrogen-bond donors (Lipinski definition) is 1. The molecule has 1 heterocycles. The molecule has 0 amide bonds. The molecule has 0 radical (unpaired) electrons.